The molecular weight excluding hydrogens is 220 g/mol. The number of nitrogens with two attached hydrogens (primary N) is 1. The molecule has 1 aromatic rings. The number of rotatable bonds is 5. The van der Waals surface area contributed by atoms with Crippen LogP contribution >= 0.6 is 11.6 Å². The van der Waals surface area contributed by atoms with Crippen molar-refractivity contribution in [2.24, 2.45) is 5.73 Å². The number of ether oxygens (including phenoxy) is 1. The summed E-state index contributed by atoms with van der Waals surface area (Å²) in [5.41, 5.74) is 5.19. The Morgan fingerprint density at radius 1 is 1.53 bits per heavy atom. The zero-order chi connectivity index (χ0) is 11.1. The van der Waals surface area contributed by atoms with Gasteiger partial charge in [-0.2, -0.15) is 0 Å². The van der Waals surface area contributed by atoms with E-state index in [1.54, 1.807) is 6.07 Å². The van der Waals surface area contributed by atoms with Gasteiger partial charge in [0.1, 0.15) is 6.61 Å². The summed E-state index contributed by atoms with van der Waals surface area (Å²) >= 11 is 5.53. The summed E-state index contributed by atoms with van der Waals surface area (Å²) in [6.07, 6.45) is 0. The first-order valence-electron chi connectivity index (χ1n) is 4.29. The molecule has 0 atom stereocenters. The van der Waals surface area contributed by atoms with E-state index in [1.165, 1.54) is 6.07 Å². The Balaban J connectivity index is 2.34. The number of halogens is 1. The van der Waals surface area contributed by atoms with Crippen LogP contribution < -0.4 is 11.1 Å². The van der Waals surface area contributed by atoms with Gasteiger partial charge in [0.05, 0.1) is 6.61 Å². The smallest absolute Gasteiger partial charge is 0.251 e. The summed E-state index contributed by atoms with van der Waals surface area (Å²) < 4.78 is 4.93. The molecule has 3 N–H and O–H groups in total. The maximum atomic E-state index is 11.2. The highest BCUT2D eigenvalue weighted by Crippen LogP contribution is 2.05. The lowest BCUT2D eigenvalue weighted by Crippen LogP contribution is -2.21. The Morgan fingerprint density at radius 3 is 2.93 bits per heavy atom. The molecular formula is C8H11ClN4O2. The predicted molar refractivity (Wildman–Crippen MR) is 55.5 cm³/mol. The van der Waals surface area contributed by atoms with Gasteiger partial charge in [0.2, 0.25) is 0 Å². The number of nitrogens with zero attached hydrogens (tertiary/aromatic N) is 2. The van der Waals surface area contributed by atoms with Gasteiger partial charge in [0, 0.05) is 6.54 Å². The number of aromatic nitrogens is 2. The lowest BCUT2D eigenvalue weighted by molar-refractivity contribution is -0.120. The van der Waals surface area contributed by atoms with Crippen LogP contribution in [0.3, 0.4) is 0 Å². The van der Waals surface area contributed by atoms with Crippen LogP contribution in [-0.4, -0.2) is 35.9 Å². The highest BCUT2D eigenvalue weighted by Gasteiger charge is 2.03. The zero-order valence-electron chi connectivity index (χ0n) is 7.94. The molecule has 7 heteroatoms. The normalized spacial score (nSPS) is 10.0. The maximum absolute atomic E-state index is 11.2. The van der Waals surface area contributed by atoms with Crippen molar-refractivity contribution in [3.8, 4) is 0 Å². The number of amides is 1. The van der Waals surface area contributed by atoms with Gasteiger partial charge in [-0.25, -0.2) is 0 Å². The van der Waals surface area contributed by atoms with Crippen molar-refractivity contribution >= 4 is 23.3 Å². The molecule has 82 valence electrons. The zero-order valence-corrected chi connectivity index (χ0v) is 8.70. The Kier molecular flexibility index (Phi) is 4.96. The quantitative estimate of drug-likeness (QED) is 0.698. The first kappa shape index (κ1) is 11.8. The summed E-state index contributed by atoms with van der Waals surface area (Å²) in [6.45, 7) is 0.676. The van der Waals surface area contributed by atoms with Gasteiger partial charge in [-0.15, -0.1) is 10.2 Å². The molecule has 6 nitrogen and oxygen atoms in total. The number of carbonyl (C=O) groups excluding carboxylic acids is 1. The first-order valence-corrected chi connectivity index (χ1v) is 4.67. The van der Waals surface area contributed by atoms with Crippen molar-refractivity contribution in [2.45, 2.75) is 0 Å². The van der Waals surface area contributed by atoms with Crippen LogP contribution in [-0.2, 0) is 9.53 Å². The summed E-state index contributed by atoms with van der Waals surface area (Å²) in [6, 6.07) is 3.08. The van der Waals surface area contributed by atoms with E-state index >= 15 is 0 Å². The monoisotopic (exact) mass is 230 g/mol. The number of nitrogens with one attached hydrogen (secondary N) is 1. The van der Waals surface area contributed by atoms with E-state index in [0.717, 1.165) is 0 Å². The molecule has 0 unspecified atom stereocenters. The third kappa shape index (κ3) is 4.68. The van der Waals surface area contributed by atoms with Gasteiger partial charge < -0.3 is 15.8 Å². The van der Waals surface area contributed by atoms with Gasteiger partial charge in [-0.3, -0.25) is 4.79 Å². The van der Waals surface area contributed by atoms with Gasteiger partial charge in [0.25, 0.3) is 5.91 Å². The molecule has 0 fully saturated rings. The van der Waals surface area contributed by atoms with Crippen LogP contribution in [0.5, 0.6) is 0 Å². The molecule has 1 heterocycles. The average molecular weight is 231 g/mol. The molecule has 0 radical (unpaired) electrons. The second kappa shape index (κ2) is 6.28. The maximum Gasteiger partial charge on any atom is 0.251 e. The highest BCUT2D eigenvalue weighted by molar-refractivity contribution is 6.29. The number of carbonyl (C=O) groups is 1. The highest BCUT2D eigenvalue weighted by atomic mass is 35.5. The molecule has 0 aromatic carbocycles. The predicted octanol–water partition coefficient (Wildman–Crippen LogP) is 0.0438. The molecule has 1 rings (SSSR count). The number of hydrogen-bond donors (Lipinski definition) is 2. The third-order valence-electron chi connectivity index (χ3n) is 1.39. The van der Waals surface area contributed by atoms with E-state index in [2.05, 4.69) is 15.5 Å². The molecule has 0 bridgehead atoms. The molecule has 0 saturated heterocycles. The van der Waals surface area contributed by atoms with Crippen LogP contribution in [0.1, 0.15) is 0 Å². The Labute approximate surface area is 91.8 Å². The van der Waals surface area contributed by atoms with Crippen molar-refractivity contribution in [1.29, 1.82) is 0 Å². The van der Waals surface area contributed by atoms with Gasteiger partial charge in [-0.05, 0) is 12.1 Å². The summed E-state index contributed by atoms with van der Waals surface area (Å²) in [4.78, 5) is 11.2. The average Bonchev–Trinajstić information content (AvgIpc) is 2.22. The van der Waals surface area contributed by atoms with E-state index in [1.807, 2.05) is 0 Å². The van der Waals surface area contributed by atoms with Crippen LogP contribution in [0, 0.1) is 0 Å². The Bertz CT molecular complexity index is 317. The number of hydrogen-bond acceptors (Lipinski definition) is 5. The van der Waals surface area contributed by atoms with Crippen molar-refractivity contribution in [3.05, 3.63) is 17.3 Å². The molecule has 0 aliphatic carbocycles. The topological polar surface area (TPSA) is 90.1 Å². The van der Waals surface area contributed by atoms with Crippen LogP contribution in [0.15, 0.2) is 12.1 Å². The van der Waals surface area contributed by atoms with E-state index < -0.39 is 0 Å². The van der Waals surface area contributed by atoms with Crippen molar-refractivity contribution < 1.29 is 9.53 Å². The Hall–Kier alpha value is -1.24. The third-order valence-corrected chi connectivity index (χ3v) is 1.60. The largest absolute Gasteiger partial charge is 0.370 e. The van der Waals surface area contributed by atoms with E-state index in [0.29, 0.717) is 19.0 Å². The summed E-state index contributed by atoms with van der Waals surface area (Å²) in [7, 11) is 0. The van der Waals surface area contributed by atoms with E-state index in [-0.39, 0.29) is 17.7 Å². The first-order chi connectivity index (χ1) is 7.22. The standard InChI is InChI=1S/C8H11ClN4O2/c9-6-1-2-7(13-12-6)11-8(14)5-15-4-3-10/h1-2H,3-5,10H2,(H,11,13,14). The lowest BCUT2D eigenvalue weighted by Gasteiger charge is -2.03. The molecule has 0 spiro atoms. The minimum atomic E-state index is -0.305. The van der Waals surface area contributed by atoms with Gasteiger partial charge >= 0.3 is 0 Å². The SMILES string of the molecule is NCCOCC(=O)Nc1ccc(Cl)nn1. The molecule has 15 heavy (non-hydrogen) atoms. The van der Waals surface area contributed by atoms with Crippen molar-refractivity contribution in [2.75, 3.05) is 25.1 Å². The lowest BCUT2D eigenvalue weighted by atomic mass is 10.5. The Morgan fingerprint density at radius 2 is 2.33 bits per heavy atom. The van der Waals surface area contributed by atoms with Crippen LogP contribution in [0.2, 0.25) is 5.15 Å². The van der Waals surface area contributed by atoms with E-state index in [4.69, 9.17) is 22.1 Å². The molecule has 1 amide bonds. The van der Waals surface area contributed by atoms with Gasteiger partial charge in [-0.1, -0.05) is 11.6 Å². The molecule has 0 aliphatic rings. The van der Waals surface area contributed by atoms with Crippen molar-refractivity contribution in [3.63, 3.8) is 0 Å². The van der Waals surface area contributed by atoms with E-state index in [9.17, 15) is 4.79 Å². The molecule has 1 aromatic heterocycles. The fourth-order valence-electron chi connectivity index (χ4n) is 0.810. The second-order valence-corrected chi connectivity index (χ2v) is 3.02. The molecule has 0 saturated carbocycles. The summed E-state index contributed by atoms with van der Waals surface area (Å²) in [5.74, 6) is 0.0285. The molecule has 0 aliphatic heterocycles. The second-order valence-electron chi connectivity index (χ2n) is 2.63. The fraction of sp³-hybridized carbons (Fsp3) is 0.375. The van der Waals surface area contributed by atoms with Crippen molar-refractivity contribution in [1.82, 2.24) is 10.2 Å². The number of anilines is 1. The summed E-state index contributed by atoms with van der Waals surface area (Å²) in [5, 5.41) is 9.98. The fourth-order valence-corrected chi connectivity index (χ4v) is 0.911. The minimum Gasteiger partial charge on any atom is -0.370 e. The minimum absolute atomic E-state index is 0.0541. The van der Waals surface area contributed by atoms with Crippen LogP contribution in [0.4, 0.5) is 5.82 Å². The van der Waals surface area contributed by atoms with Gasteiger partial charge in [0.15, 0.2) is 11.0 Å². The van der Waals surface area contributed by atoms with Crippen LogP contribution in [0.25, 0.3) is 0 Å².